The number of hydrogen-bond acceptors (Lipinski definition) is 6. The van der Waals surface area contributed by atoms with E-state index < -0.39 is 0 Å². The highest BCUT2D eigenvalue weighted by Crippen LogP contribution is 2.26. The number of anilines is 1. The molecule has 6 heteroatoms. The number of likely N-dealkylation sites (tertiary alicyclic amines) is 1. The van der Waals surface area contributed by atoms with Gasteiger partial charge >= 0.3 is 0 Å². The van der Waals surface area contributed by atoms with E-state index in [-0.39, 0.29) is 0 Å². The lowest BCUT2D eigenvalue weighted by molar-refractivity contribution is 0.328. The van der Waals surface area contributed by atoms with E-state index in [0.717, 1.165) is 68.5 Å². The van der Waals surface area contributed by atoms with Gasteiger partial charge in [0.15, 0.2) is 5.82 Å². The molecule has 4 heterocycles. The van der Waals surface area contributed by atoms with Gasteiger partial charge in [0, 0.05) is 55.7 Å². The van der Waals surface area contributed by atoms with Gasteiger partial charge in [0.2, 0.25) is 0 Å². The van der Waals surface area contributed by atoms with Crippen LogP contribution >= 0.6 is 0 Å². The van der Waals surface area contributed by atoms with Crippen molar-refractivity contribution in [2.75, 3.05) is 25.0 Å². The molecule has 1 atom stereocenters. The monoisotopic (exact) mass is 386 g/mol. The minimum Gasteiger partial charge on any atom is -0.366 e. The van der Waals surface area contributed by atoms with E-state index in [1.54, 1.807) is 6.20 Å². The van der Waals surface area contributed by atoms with Gasteiger partial charge in [-0.25, -0.2) is 9.97 Å². The molecule has 0 unspecified atom stereocenters. The van der Waals surface area contributed by atoms with Gasteiger partial charge in [0.25, 0.3) is 0 Å². The number of aromatic nitrogens is 3. The summed E-state index contributed by atoms with van der Waals surface area (Å²) >= 11 is 0. The average Bonchev–Trinajstić information content (AvgIpc) is 3.21. The van der Waals surface area contributed by atoms with Crippen molar-refractivity contribution in [3.05, 3.63) is 71.7 Å². The lowest BCUT2D eigenvalue weighted by Crippen LogP contribution is -2.30. The number of hydrogen-bond donors (Lipinski definition) is 2. The van der Waals surface area contributed by atoms with Gasteiger partial charge in [0.05, 0.1) is 5.69 Å². The van der Waals surface area contributed by atoms with Gasteiger partial charge in [-0.1, -0.05) is 30.3 Å². The van der Waals surface area contributed by atoms with Crippen molar-refractivity contribution >= 4 is 5.82 Å². The summed E-state index contributed by atoms with van der Waals surface area (Å²) in [6, 6.07) is 15.1. The summed E-state index contributed by atoms with van der Waals surface area (Å²) in [5.41, 5.74) is 4.70. The second-order valence-corrected chi connectivity index (χ2v) is 7.84. The minimum atomic E-state index is 0.411. The molecule has 29 heavy (non-hydrogen) atoms. The molecule has 0 saturated carbocycles. The van der Waals surface area contributed by atoms with Gasteiger partial charge in [-0.2, -0.15) is 0 Å². The van der Waals surface area contributed by atoms with Crippen LogP contribution in [0.2, 0.25) is 0 Å². The molecule has 0 aliphatic carbocycles. The fraction of sp³-hybridized carbons (Fsp3) is 0.348. The summed E-state index contributed by atoms with van der Waals surface area (Å²) in [5.74, 6) is 1.75. The smallest absolute Gasteiger partial charge is 0.163 e. The standard InChI is InChI=1S/C23H26N6/c1-2-5-17(6-3-1)15-29-12-9-19(16-29)26-23-20-8-11-25-14-21(20)27-22(28-23)18-7-4-10-24-13-18/h1-7,10,13,19,25H,8-9,11-12,14-16H2,(H,26,27,28)/t19-/m0/s1. The Labute approximate surface area is 171 Å². The summed E-state index contributed by atoms with van der Waals surface area (Å²) in [5, 5.41) is 7.19. The van der Waals surface area contributed by atoms with Gasteiger partial charge in [0.1, 0.15) is 5.82 Å². The van der Waals surface area contributed by atoms with Gasteiger partial charge in [-0.15, -0.1) is 0 Å². The molecule has 148 valence electrons. The molecule has 5 rings (SSSR count). The molecular weight excluding hydrogens is 360 g/mol. The van der Waals surface area contributed by atoms with Crippen LogP contribution in [0.25, 0.3) is 11.4 Å². The van der Waals surface area contributed by atoms with Crippen LogP contribution in [-0.2, 0) is 19.5 Å². The predicted molar refractivity (Wildman–Crippen MR) is 114 cm³/mol. The van der Waals surface area contributed by atoms with E-state index in [1.807, 2.05) is 18.3 Å². The molecule has 0 radical (unpaired) electrons. The van der Waals surface area contributed by atoms with E-state index in [9.17, 15) is 0 Å². The van der Waals surface area contributed by atoms with Crippen LogP contribution in [0.4, 0.5) is 5.82 Å². The number of pyridine rings is 1. The summed E-state index contributed by atoms with van der Waals surface area (Å²) in [6.07, 6.45) is 5.71. The predicted octanol–water partition coefficient (Wildman–Crippen LogP) is 2.87. The normalized spacial score (nSPS) is 19.1. The lowest BCUT2D eigenvalue weighted by atomic mass is 10.1. The van der Waals surface area contributed by atoms with E-state index in [0.29, 0.717) is 6.04 Å². The highest BCUT2D eigenvalue weighted by Gasteiger charge is 2.25. The molecule has 6 nitrogen and oxygen atoms in total. The number of fused-ring (bicyclic) bond motifs is 1. The Kier molecular flexibility index (Phi) is 5.19. The Morgan fingerprint density at radius 3 is 2.90 bits per heavy atom. The first kappa shape index (κ1) is 18.2. The Morgan fingerprint density at radius 1 is 1.10 bits per heavy atom. The van der Waals surface area contributed by atoms with Crippen LogP contribution in [0, 0.1) is 0 Å². The van der Waals surface area contributed by atoms with E-state index >= 15 is 0 Å². The van der Waals surface area contributed by atoms with Crippen LogP contribution in [0.15, 0.2) is 54.9 Å². The van der Waals surface area contributed by atoms with Crippen LogP contribution in [0.1, 0.15) is 23.2 Å². The zero-order valence-corrected chi connectivity index (χ0v) is 16.5. The highest BCUT2D eigenvalue weighted by atomic mass is 15.2. The summed E-state index contributed by atoms with van der Waals surface area (Å²) in [7, 11) is 0. The average molecular weight is 387 g/mol. The lowest BCUT2D eigenvalue weighted by Gasteiger charge is -2.23. The third-order valence-electron chi connectivity index (χ3n) is 5.72. The molecule has 3 aromatic rings. The molecular formula is C23H26N6. The first-order valence-electron chi connectivity index (χ1n) is 10.4. The molecule has 0 spiro atoms. The molecule has 2 aliphatic rings. The summed E-state index contributed by atoms with van der Waals surface area (Å²) < 4.78 is 0. The number of nitrogens with one attached hydrogen (secondary N) is 2. The molecule has 0 bridgehead atoms. The summed E-state index contributed by atoms with van der Waals surface area (Å²) in [4.78, 5) is 16.5. The van der Waals surface area contributed by atoms with Crippen molar-refractivity contribution in [2.45, 2.75) is 32.0 Å². The van der Waals surface area contributed by atoms with Crippen LogP contribution in [-0.4, -0.2) is 45.5 Å². The number of nitrogens with zero attached hydrogens (tertiary/aromatic N) is 4. The molecule has 2 N–H and O–H groups in total. The Bertz CT molecular complexity index is 960. The van der Waals surface area contributed by atoms with Crippen molar-refractivity contribution < 1.29 is 0 Å². The van der Waals surface area contributed by atoms with E-state index in [4.69, 9.17) is 9.97 Å². The third kappa shape index (κ3) is 4.13. The van der Waals surface area contributed by atoms with Crippen molar-refractivity contribution in [3.8, 4) is 11.4 Å². The van der Waals surface area contributed by atoms with E-state index in [1.165, 1.54) is 11.1 Å². The van der Waals surface area contributed by atoms with Crippen LogP contribution in [0.3, 0.4) is 0 Å². The highest BCUT2D eigenvalue weighted by molar-refractivity contribution is 5.59. The second kappa shape index (κ2) is 8.27. The Hall–Kier alpha value is -2.83. The van der Waals surface area contributed by atoms with Crippen molar-refractivity contribution in [1.29, 1.82) is 0 Å². The minimum absolute atomic E-state index is 0.411. The van der Waals surface area contributed by atoms with Crippen molar-refractivity contribution in [3.63, 3.8) is 0 Å². The first-order chi connectivity index (χ1) is 14.3. The van der Waals surface area contributed by atoms with Crippen molar-refractivity contribution in [2.24, 2.45) is 0 Å². The van der Waals surface area contributed by atoms with E-state index in [2.05, 4.69) is 50.8 Å². The maximum atomic E-state index is 4.92. The van der Waals surface area contributed by atoms with Gasteiger partial charge in [-0.05, 0) is 37.1 Å². The Balaban J connectivity index is 1.35. The van der Waals surface area contributed by atoms with Gasteiger partial charge < -0.3 is 10.6 Å². The number of benzene rings is 1. The first-order valence-corrected chi connectivity index (χ1v) is 10.4. The second-order valence-electron chi connectivity index (χ2n) is 7.84. The number of rotatable bonds is 5. The van der Waals surface area contributed by atoms with Gasteiger partial charge in [-0.3, -0.25) is 9.88 Å². The SMILES string of the molecule is c1ccc(CN2CC[C@H](Nc3nc(-c4cccnc4)nc4c3CCNC4)C2)cc1. The maximum Gasteiger partial charge on any atom is 0.163 e. The fourth-order valence-corrected chi connectivity index (χ4v) is 4.23. The maximum absolute atomic E-state index is 4.92. The quantitative estimate of drug-likeness (QED) is 0.703. The largest absolute Gasteiger partial charge is 0.366 e. The third-order valence-corrected chi connectivity index (χ3v) is 5.72. The zero-order chi connectivity index (χ0) is 19.5. The molecule has 1 aromatic carbocycles. The Morgan fingerprint density at radius 2 is 2.03 bits per heavy atom. The van der Waals surface area contributed by atoms with Crippen LogP contribution < -0.4 is 10.6 Å². The molecule has 2 aliphatic heterocycles. The molecule has 1 fully saturated rings. The fourth-order valence-electron chi connectivity index (χ4n) is 4.23. The summed E-state index contributed by atoms with van der Waals surface area (Å²) in [6.45, 7) is 4.92. The molecule has 2 aromatic heterocycles. The topological polar surface area (TPSA) is 66.0 Å². The zero-order valence-electron chi connectivity index (χ0n) is 16.5. The van der Waals surface area contributed by atoms with Crippen molar-refractivity contribution in [1.82, 2.24) is 25.2 Å². The van der Waals surface area contributed by atoms with Crippen LogP contribution in [0.5, 0.6) is 0 Å². The molecule has 1 saturated heterocycles. The molecule has 0 amide bonds.